The summed E-state index contributed by atoms with van der Waals surface area (Å²) in [6.07, 6.45) is 0.622. The second kappa shape index (κ2) is 3.32. The topological polar surface area (TPSA) is 60.2 Å². The van der Waals surface area contributed by atoms with Gasteiger partial charge in [0.05, 0.1) is 10.1 Å². The minimum absolute atomic E-state index is 0.124. The Morgan fingerprint density at radius 2 is 2.13 bits per heavy atom. The molecule has 0 aromatic heterocycles. The van der Waals surface area contributed by atoms with Crippen LogP contribution in [0.4, 0.5) is 0 Å². The highest BCUT2D eigenvalue weighted by Gasteiger charge is 2.33. The number of nitrogens with two attached hydrogens (primary N) is 1. The van der Waals surface area contributed by atoms with Crippen molar-refractivity contribution < 1.29 is 8.42 Å². The van der Waals surface area contributed by atoms with Crippen LogP contribution in [0.15, 0.2) is 23.1 Å². The molecule has 1 aromatic rings. The third kappa shape index (κ3) is 1.58. The van der Waals surface area contributed by atoms with E-state index >= 15 is 0 Å². The van der Waals surface area contributed by atoms with E-state index in [1.807, 2.05) is 19.1 Å². The molecular formula is C11H15NO2S. The molecule has 0 aliphatic carbocycles. The van der Waals surface area contributed by atoms with Gasteiger partial charge in [-0.15, -0.1) is 0 Å². The highest BCUT2D eigenvalue weighted by molar-refractivity contribution is 7.92. The van der Waals surface area contributed by atoms with E-state index in [-0.39, 0.29) is 11.3 Å². The van der Waals surface area contributed by atoms with E-state index in [9.17, 15) is 8.42 Å². The zero-order chi connectivity index (χ0) is 11.2. The lowest BCUT2D eigenvalue weighted by atomic mass is 10.0. The average molecular weight is 225 g/mol. The van der Waals surface area contributed by atoms with E-state index in [2.05, 4.69) is 0 Å². The molecule has 0 saturated carbocycles. The Morgan fingerprint density at radius 3 is 2.73 bits per heavy atom. The molecule has 0 fully saturated rings. The molecule has 2 N–H and O–H groups in total. The highest BCUT2D eigenvalue weighted by atomic mass is 32.2. The van der Waals surface area contributed by atoms with Gasteiger partial charge in [-0.25, -0.2) is 8.42 Å². The summed E-state index contributed by atoms with van der Waals surface area (Å²) in [6.45, 7) is 3.60. The molecule has 0 spiro atoms. The minimum Gasteiger partial charge on any atom is -0.324 e. The van der Waals surface area contributed by atoms with E-state index in [0.29, 0.717) is 11.3 Å². The van der Waals surface area contributed by atoms with Gasteiger partial charge in [0, 0.05) is 6.04 Å². The number of fused-ring (bicyclic) bond motifs is 1. The molecule has 0 bridgehead atoms. The van der Waals surface area contributed by atoms with Crippen molar-refractivity contribution in [3.8, 4) is 0 Å². The lowest BCUT2D eigenvalue weighted by Crippen LogP contribution is -2.12. The van der Waals surface area contributed by atoms with Crippen LogP contribution in [0.2, 0.25) is 0 Å². The lowest BCUT2D eigenvalue weighted by molar-refractivity contribution is 0.590. The van der Waals surface area contributed by atoms with Crippen molar-refractivity contribution in [3.63, 3.8) is 0 Å². The smallest absolute Gasteiger partial charge is 0.181 e. The summed E-state index contributed by atoms with van der Waals surface area (Å²) in [5, 5.41) is -0.296. The zero-order valence-corrected chi connectivity index (χ0v) is 9.71. The first kappa shape index (κ1) is 10.6. The molecule has 3 nitrogen and oxygen atoms in total. The van der Waals surface area contributed by atoms with E-state index in [1.54, 1.807) is 13.0 Å². The van der Waals surface area contributed by atoms with Crippen molar-refractivity contribution in [1.29, 1.82) is 0 Å². The van der Waals surface area contributed by atoms with Crippen molar-refractivity contribution in [2.45, 2.75) is 36.5 Å². The maximum atomic E-state index is 11.9. The fourth-order valence-corrected chi connectivity index (χ4v) is 3.57. The Morgan fingerprint density at radius 1 is 1.47 bits per heavy atom. The third-order valence-corrected chi connectivity index (χ3v) is 5.18. The van der Waals surface area contributed by atoms with Crippen LogP contribution in [-0.4, -0.2) is 13.7 Å². The molecule has 0 amide bonds. The normalized spacial score (nSPS) is 24.9. The Balaban J connectivity index is 2.60. The van der Waals surface area contributed by atoms with Crippen LogP contribution >= 0.6 is 0 Å². The van der Waals surface area contributed by atoms with Gasteiger partial charge in [0.1, 0.15) is 0 Å². The van der Waals surface area contributed by atoms with Gasteiger partial charge in [-0.2, -0.15) is 0 Å². The standard InChI is InChI=1S/C11H15NO2S/c1-7-5-10-4-3-9(8(2)12)6-11(10)15(7,13)14/h3-4,6-8H,5,12H2,1-2H3. The van der Waals surface area contributed by atoms with E-state index < -0.39 is 9.84 Å². The monoisotopic (exact) mass is 225 g/mol. The fraction of sp³-hybridized carbons (Fsp3) is 0.455. The summed E-state index contributed by atoms with van der Waals surface area (Å²) in [6, 6.07) is 5.40. The quantitative estimate of drug-likeness (QED) is 0.786. The molecule has 82 valence electrons. The van der Waals surface area contributed by atoms with Crippen LogP contribution in [0.1, 0.15) is 31.0 Å². The summed E-state index contributed by atoms with van der Waals surface area (Å²) < 4.78 is 23.8. The molecule has 2 atom stereocenters. The molecule has 1 aliphatic heterocycles. The van der Waals surface area contributed by atoms with Crippen molar-refractivity contribution in [2.24, 2.45) is 5.73 Å². The molecule has 0 radical (unpaired) electrons. The molecular weight excluding hydrogens is 210 g/mol. The Hall–Kier alpha value is -0.870. The highest BCUT2D eigenvalue weighted by Crippen LogP contribution is 2.32. The molecule has 1 heterocycles. The van der Waals surface area contributed by atoms with Crippen LogP contribution in [0, 0.1) is 0 Å². The first-order chi connectivity index (χ1) is 6.93. The zero-order valence-electron chi connectivity index (χ0n) is 8.90. The van der Waals surface area contributed by atoms with Crippen LogP contribution in [-0.2, 0) is 16.3 Å². The Kier molecular flexibility index (Phi) is 2.35. The SMILES string of the molecule is CC(N)c1ccc2c(c1)S(=O)(=O)C(C)C2. The Labute approximate surface area is 90.2 Å². The van der Waals surface area contributed by atoms with Gasteiger partial charge in [0.15, 0.2) is 9.84 Å². The number of hydrogen-bond donors (Lipinski definition) is 1. The predicted molar refractivity (Wildman–Crippen MR) is 59.4 cm³/mol. The third-order valence-electron chi connectivity index (χ3n) is 2.96. The summed E-state index contributed by atoms with van der Waals surface area (Å²) >= 11 is 0. The van der Waals surface area contributed by atoms with Gasteiger partial charge in [-0.1, -0.05) is 12.1 Å². The lowest BCUT2D eigenvalue weighted by Gasteiger charge is -2.07. The summed E-state index contributed by atoms with van der Waals surface area (Å²) in [5.41, 5.74) is 7.54. The average Bonchev–Trinajstić information content (AvgIpc) is 2.38. The molecule has 0 saturated heterocycles. The van der Waals surface area contributed by atoms with Gasteiger partial charge in [0.25, 0.3) is 0 Å². The largest absolute Gasteiger partial charge is 0.324 e. The fourth-order valence-electron chi connectivity index (χ4n) is 1.92. The number of sulfone groups is 1. The van der Waals surface area contributed by atoms with Crippen molar-refractivity contribution in [1.82, 2.24) is 0 Å². The first-order valence-corrected chi connectivity index (χ1v) is 6.60. The summed E-state index contributed by atoms with van der Waals surface area (Å²) in [4.78, 5) is 0.477. The van der Waals surface area contributed by atoms with Crippen molar-refractivity contribution in [2.75, 3.05) is 0 Å². The number of hydrogen-bond acceptors (Lipinski definition) is 3. The molecule has 1 aromatic carbocycles. The number of rotatable bonds is 1. The Bertz CT molecular complexity index is 491. The van der Waals surface area contributed by atoms with Gasteiger partial charge < -0.3 is 5.73 Å². The van der Waals surface area contributed by atoms with Crippen molar-refractivity contribution in [3.05, 3.63) is 29.3 Å². The number of benzene rings is 1. The maximum absolute atomic E-state index is 11.9. The maximum Gasteiger partial charge on any atom is 0.181 e. The van der Waals surface area contributed by atoms with Crippen LogP contribution in [0.25, 0.3) is 0 Å². The van der Waals surface area contributed by atoms with Crippen LogP contribution < -0.4 is 5.73 Å². The van der Waals surface area contributed by atoms with Crippen molar-refractivity contribution >= 4 is 9.84 Å². The summed E-state index contributed by atoms with van der Waals surface area (Å²) in [5.74, 6) is 0. The van der Waals surface area contributed by atoms with Gasteiger partial charge in [-0.3, -0.25) is 0 Å². The van der Waals surface area contributed by atoms with E-state index in [1.165, 1.54) is 0 Å². The van der Waals surface area contributed by atoms with E-state index in [4.69, 9.17) is 5.73 Å². The van der Waals surface area contributed by atoms with Gasteiger partial charge in [0.2, 0.25) is 0 Å². The van der Waals surface area contributed by atoms with E-state index in [0.717, 1.165) is 11.1 Å². The molecule has 4 heteroatoms. The molecule has 2 unspecified atom stereocenters. The molecule has 15 heavy (non-hydrogen) atoms. The van der Waals surface area contributed by atoms with Gasteiger partial charge >= 0.3 is 0 Å². The second-order valence-corrected chi connectivity index (χ2v) is 6.55. The second-order valence-electron chi connectivity index (χ2n) is 4.22. The summed E-state index contributed by atoms with van der Waals surface area (Å²) in [7, 11) is -3.10. The minimum atomic E-state index is -3.10. The molecule has 2 rings (SSSR count). The van der Waals surface area contributed by atoms with Crippen LogP contribution in [0.3, 0.4) is 0 Å². The predicted octanol–water partition coefficient (Wildman–Crippen LogP) is 1.42. The molecule has 1 aliphatic rings. The van der Waals surface area contributed by atoms with Crippen LogP contribution in [0.5, 0.6) is 0 Å². The van der Waals surface area contributed by atoms with Gasteiger partial charge in [-0.05, 0) is 37.5 Å². The first-order valence-electron chi connectivity index (χ1n) is 5.05.